The summed E-state index contributed by atoms with van der Waals surface area (Å²) in [7, 11) is 0. The van der Waals surface area contributed by atoms with Gasteiger partial charge in [0, 0.05) is 19.3 Å². The molecule has 0 saturated carbocycles. The number of esters is 3. The van der Waals surface area contributed by atoms with Crippen molar-refractivity contribution in [3.63, 3.8) is 0 Å². The first kappa shape index (κ1) is 81.4. The lowest BCUT2D eigenvalue weighted by molar-refractivity contribution is -0.167. The Labute approximate surface area is 520 Å². The molecule has 494 valence electrons. The fraction of sp³-hybridized carbons (Fsp3) is 0.961. The van der Waals surface area contributed by atoms with Gasteiger partial charge in [-0.2, -0.15) is 0 Å². The van der Waals surface area contributed by atoms with Gasteiger partial charge in [0.2, 0.25) is 0 Å². The number of ether oxygens (including phenoxy) is 3. The van der Waals surface area contributed by atoms with Gasteiger partial charge in [-0.1, -0.05) is 419 Å². The molecule has 0 aromatic carbocycles. The number of unbranched alkanes of at least 4 members (excludes halogenated alkanes) is 62. The molecule has 0 aliphatic heterocycles. The maximum Gasteiger partial charge on any atom is 0.306 e. The molecule has 0 aromatic rings. The monoisotopic (exact) mass is 1170 g/mol. The standard InChI is InChI=1S/C77H150O6/c1-4-7-10-13-16-19-22-25-28-31-34-35-36-37-38-39-40-41-42-44-46-49-52-55-58-61-64-67-70-76(79)82-73-74(72-81-75(78)69-66-63-60-57-54-51-48-45-33-30-27-24-21-18-15-12-9-6-3)83-77(80)71-68-65-62-59-56-53-50-47-43-32-29-26-23-20-17-14-11-8-5-2/h74H,4-73H2,1-3H3. The molecule has 0 aliphatic carbocycles. The molecule has 0 spiro atoms. The summed E-state index contributed by atoms with van der Waals surface area (Å²) in [5.41, 5.74) is 0. The quantitative estimate of drug-likeness (QED) is 0.0343. The minimum absolute atomic E-state index is 0.0597. The van der Waals surface area contributed by atoms with E-state index < -0.39 is 6.10 Å². The van der Waals surface area contributed by atoms with Crippen LogP contribution < -0.4 is 0 Å². The maximum atomic E-state index is 13.0. The summed E-state index contributed by atoms with van der Waals surface area (Å²) in [4.78, 5) is 38.6. The van der Waals surface area contributed by atoms with Gasteiger partial charge in [0.05, 0.1) is 0 Å². The summed E-state index contributed by atoms with van der Waals surface area (Å²) in [6, 6.07) is 0. The summed E-state index contributed by atoms with van der Waals surface area (Å²) >= 11 is 0. The van der Waals surface area contributed by atoms with E-state index in [1.54, 1.807) is 0 Å². The summed E-state index contributed by atoms with van der Waals surface area (Å²) in [5.74, 6) is -0.813. The molecule has 0 aliphatic rings. The van der Waals surface area contributed by atoms with Crippen molar-refractivity contribution in [2.45, 2.75) is 463 Å². The van der Waals surface area contributed by atoms with E-state index in [9.17, 15) is 14.4 Å². The van der Waals surface area contributed by atoms with Crippen LogP contribution >= 0.6 is 0 Å². The molecule has 0 saturated heterocycles. The average Bonchev–Trinajstić information content (AvgIpc) is 3.49. The molecule has 6 heteroatoms. The average molecular weight is 1170 g/mol. The molecule has 0 bridgehead atoms. The molecule has 0 amide bonds. The van der Waals surface area contributed by atoms with Gasteiger partial charge < -0.3 is 14.2 Å². The normalized spacial score (nSPS) is 11.9. The molecular formula is C77H150O6. The lowest BCUT2D eigenvalue weighted by atomic mass is 10.0. The topological polar surface area (TPSA) is 78.9 Å². The number of rotatable bonds is 73. The van der Waals surface area contributed by atoms with Gasteiger partial charge in [0.15, 0.2) is 6.10 Å². The number of hydrogen-bond acceptors (Lipinski definition) is 6. The van der Waals surface area contributed by atoms with Crippen molar-refractivity contribution in [2.75, 3.05) is 13.2 Å². The Kier molecular flexibility index (Phi) is 71.5. The highest BCUT2D eigenvalue weighted by molar-refractivity contribution is 5.71. The van der Waals surface area contributed by atoms with E-state index >= 15 is 0 Å². The largest absolute Gasteiger partial charge is 0.462 e. The fourth-order valence-electron chi connectivity index (χ4n) is 12.3. The van der Waals surface area contributed by atoms with E-state index in [-0.39, 0.29) is 31.1 Å². The van der Waals surface area contributed by atoms with Crippen LogP contribution in [-0.2, 0) is 28.6 Å². The van der Waals surface area contributed by atoms with Crippen LogP contribution in [0, 0.1) is 0 Å². The first-order chi connectivity index (χ1) is 41.0. The summed E-state index contributed by atoms with van der Waals surface area (Å²) in [6.07, 6.45) is 87.3. The molecule has 0 fully saturated rings. The van der Waals surface area contributed by atoms with Crippen molar-refractivity contribution in [2.24, 2.45) is 0 Å². The third kappa shape index (κ3) is 71.1. The first-order valence-corrected chi connectivity index (χ1v) is 38.5. The molecular weight excluding hydrogens is 1020 g/mol. The summed E-state index contributed by atoms with van der Waals surface area (Å²) in [5, 5.41) is 0. The van der Waals surface area contributed by atoms with Crippen molar-refractivity contribution >= 4 is 17.9 Å². The van der Waals surface area contributed by atoms with Crippen molar-refractivity contribution in [3.05, 3.63) is 0 Å². The molecule has 0 heterocycles. The third-order valence-electron chi connectivity index (χ3n) is 18.1. The van der Waals surface area contributed by atoms with Gasteiger partial charge >= 0.3 is 17.9 Å². The Morgan fingerprint density at radius 1 is 0.193 bits per heavy atom. The molecule has 1 unspecified atom stereocenters. The predicted molar refractivity (Wildman–Crippen MR) is 363 cm³/mol. The van der Waals surface area contributed by atoms with Crippen molar-refractivity contribution in [1.82, 2.24) is 0 Å². The zero-order chi connectivity index (χ0) is 59.9. The highest BCUT2D eigenvalue weighted by Crippen LogP contribution is 2.20. The van der Waals surface area contributed by atoms with E-state index in [0.29, 0.717) is 19.3 Å². The highest BCUT2D eigenvalue weighted by Gasteiger charge is 2.20. The number of carbonyl (C=O) groups is 3. The van der Waals surface area contributed by atoms with E-state index in [1.165, 1.54) is 360 Å². The maximum absolute atomic E-state index is 13.0. The van der Waals surface area contributed by atoms with Crippen LogP contribution in [0.1, 0.15) is 457 Å². The fourth-order valence-corrected chi connectivity index (χ4v) is 12.3. The van der Waals surface area contributed by atoms with Gasteiger partial charge in [0.1, 0.15) is 13.2 Å². The van der Waals surface area contributed by atoms with E-state index in [1.807, 2.05) is 0 Å². The SMILES string of the molecule is CCCCCCCCCCCCCCCCCCCCCCCCCCCCCCC(=O)OCC(COC(=O)CCCCCCCCCCCCCCCCCCCC)OC(=O)CCCCCCCCCCCCCCCCCCCCC. The van der Waals surface area contributed by atoms with Crippen molar-refractivity contribution in [1.29, 1.82) is 0 Å². The van der Waals surface area contributed by atoms with Gasteiger partial charge in [0.25, 0.3) is 0 Å². The summed E-state index contributed by atoms with van der Waals surface area (Å²) in [6.45, 7) is 6.76. The smallest absolute Gasteiger partial charge is 0.306 e. The molecule has 0 N–H and O–H groups in total. The van der Waals surface area contributed by atoms with Crippen LogP contribution in [0.15, 0.2) is 0 Å². The molecule has 0 rings (SSSR count). The molecule has 0 radical (unpaired) electrons. The van der Waals surface area contributed by atoms with Crippen LogP contribution in [0.4, 0.5) is 0 Å². The van der Waals surface area contributed by atoms with Crippen molar-refractivity contribution < 1.29 is 28.6 Å². The Hall–Kier alpha value is -1.59. The molecule has 0 aromatic heterocycles. The molecule has 6 nitrogen and oxygen atoms in total. The Morgan fingerprint density at radius 2 is 0.325 bits per heavy atom. The Bertz CT molecular complexity index is 1250. The van der Waals surface area contributed by atoms with Crippen LogP contribution in [0.2, 0.25) is 0 Å². The predicted octanol–water partition coefficient (Wildman–Crippen LogP) is 26.6. The third-order valence-corrected chi connectivity index (χ3v) is 18.1. The molecule has 83 heavy (non-hydrogen) atoms. The van der Waals surface area contributed by atoms with Crippen LogP contribution in [0.3, 0.4) is 0 Å². The van der Waals surface area contributed by atoms with Gasteiger partial charge in [-0.05, 0) is 19.3 Å². The Morgan fingerprint density at radius 3 is 0.482 bits per heavy atom. The second-order valence-corrected chi connectivity index (χ2v) is 26.6. The van der Waals surface area contributed by atoms with Gasteiger partial charge in [-0.25, -0.2) is 0 Å². The van der Waals surface area contributed by atoms with E-state index in [2.05, 4.69) is 20.8 Å². The second-order valence-electron chi connectivity index (χ2n) is 26.6. The van der Waals surface area contributed by atoms with E-state index in [4.69, 9.17) is 14.2 Å². The Balaban J connectivity index is 4.20. The first-order valence-electron chi connectivity index (χ1n) is 38.5. The minimum atomic E-state index is -0.764. The lowest BCUT2D eigenvalue weighted by Gasteiger charge is -2.18. The number of carbonyl (C=O) groups excluding carboxylic acids is 3. The second kappa shape index (κ2) is 72.9. The summed E-state index contributed by atoms with van der Waals surface area (Å²) < 4.78 is 17.1. The minimum Gasteiger partial charge on any atom is -0.462 e. The zero-order valence-corrected chi connectivity index (χ0v) is 57.0. The highest BCUT2D eigenvalue weighted by atomic mass is 16.6. The molecule has 1 atom stereocenters. The van der Waals surface area contributed by atoms with Crippen LogP contribution in [0.25, 0.3) is 0 Å². The van der Waals surface area contributed by atoms with Crippen molar-refractivity contribution in [3.8, 4) is 0 Å². The van der Waals surface area contributed by atoms with Gasteiger partial charge in [-0.3, -0.25) is 14.4 Å². The number of hydrogen-bond donors (Lipinski definition) is 0. The lowest BCUT2D eigenvalue weighted by Crippen LogP contribution is -2.30. The zero-order valence-electron chi connectivity index (χ0n) is 57.0. The van der Waals surface area contributed by atoms with Crippen LogP contribution in [0.5, 0.6) is 0 Å². The van der Waals surface area contributed by atoms with E-state index in [0.717, 1.165) is 57.8 Å². The van der Waals surface area contributed by atoms with Crippen LogP contribution in [-0.4, -0.2) is 37.2 Å². The van der Waals surface area contributed by atoms with Gasteiger partial charge in [-0.15, -0.1) is 0 Å².